The van der Waals surface area contributed by atoms with Crippen molar-refractivity contribution in [3.05, 3.63) is 53.3 Å². The number of ketones is 1. The summed E-state index contributed by atoms with van der Waals surface area (Å²) in [6, 6.07) is 11.8. The van der Waals surface area contributed by atoms with Crippen LogP contribution in [0.5, 0.6) is 5.75 Å². The summed E-state index contributed by atoms with van der Waals surface area (Å²) in [5.41, 5.74) is 4.54. The van der Waals surface area contributed by atoms with Crippen molar-refractivity contribution in [2.24, 2.45) is 0 Å². The molecule has 2 aromatic rings. The Balaban J connectivity index is 0.00000225. The second kappa shape index (κ2) is 8.48. The van der Waals surface area contributed by atoms with Crippen molar-refractivity contribution in [3.63, 3.8) is 0 Å². The Morgan fingerprint density at radius 1 is 1.16 bits per heavy atom. The third-order valence-corrected chi connectivity index (χ3v) is 4.63. The Bertz CT molecular complexity index is 775. The number of benzene rings is 1. The van der Waals surface area contributed by atoms with E-state index in [-0.39, 0.29) is 22.8 Å². The molecule has 1 aliphatic heterocycles. The molecule has 0 unspecified atom stereocenters. The van der Waals surface area contributed by atoms with Crippen LogP contribution in [0.15, 0.2) is 36.4 Å². The maximum atomic E-state index is 12.7. The third kappa shape index (κ3) is 4.03. The van der Waals surface area contributed by atoms with Crippen LogP contribution in [0, 0.1) is 6.92 Å². The summed E-state index contributed by atoms with van der Waals surface area (Å²) >= 11 is 0. The number of fused-ring (bicyclic) bond motifs is 1. The Kier molecular flexibility index (Phi) is 6.59. The molecule has 0 N–H and O–H groups in total. The predicted octanol–water partition coefficient (Wildman–Crippen LogP) is 0.307. The summed E-state index contributed by atoms with van der Waals surface area (Å²) in [6.45, 7) is 9.13. The number of hydrogen-bond acceptors (Lipinski definition) is 2. The number of ether oxygens (including phenoxy) is 1. The minimum absolute atomic E-state index is 0. The van der Waals surface area contributed by atoms with E-state index in [2.05, 4.69) is 35.1 Å². The molecule has 0 bridgehead atoms. The Morgan fingerprint density at radius 2 is 1.88 bits per heavy atom. The van der Waals surface area contributed by atoms with Crippen molar-refractivity contribution in [2.75, 3.05) is 19.7 Å². The SMILES string of the molecule is CCOc1ccc(C(=O)C[N+]2=C(CC)c3ccc(C)n3CC2)cc1.[Br-]. The second-order valence-electron chi connectivity index (χ2n) is 6.11. The first-order chi connectivity index (χ1) is 11.6. The molecule has 1 aliphatic rings. The molecule has 0 amide bonds. The Hall–Kier alpha value is -1.88. The highest BCUT2D eigenvalue weighted by molar-refractivity contribution is 5.99. The van der Waals surface area contributed by atoms with E-state index in [4.69, 9.17) is 4.74 Å². The van der Waals surface area contributed by atoms with Crippen LogP contribution >= 0.6 is 0 Å². The number of aryl methyl sites for hydroxylation is 1. The van der Waals surface area contributed by atoms with Gasteiger partial charge in [0.25, 0.3) is 0 Å². The first kappa shape index (κ1) is 19.4. The lowest BCUT2D eigenvalue weighted by Crippen LogP contribution is -3.00. The summed E-state index contributed by atoms with van der Waals surface area (Å²) < 4.78 is 10.0. The van der Waals surface area contributed by atoms with E-state index >= 15 is 0 Å². The molecular formula is C20H25BrN2O2. The van der Waals surface area contributed by atoms with Crippen LogP contribution in [-0.4, -0.2) is 40.3 Å². The molecule has 134 valence electrons. The molecule has 3 rings (SSSR count). The number of carbonyl (C=O) groups is 1. The Labute approximate surface area is 159 Å². The van der Waals surface area contributed by atoms with Gasteiger partial charge in [-0.3, -0.25) is 4.79 Å². The lowest BCUT2D eigenvalue weighted by molar-refractivity contribution is -0.519. The maximum absolute atomic E-state index is 12.7. The van der Waals surface area contributed by atoms with Crippen molar-refractivity contribution < 1.29 is 31.1 Å². The largest absolute Gasteiger partial charge is 1.00 e. The summed E-state index contributed by atoms with van der Waals surface area (Å²) in [7, 11) is 0. The van der Waals surface area contributed by atoms with E-state index in [1.807, 2.05) is 31.2 Å². The molecule has 0 aliphatic carbocycles. The number of hydrogen-bond donors (Lipinski definition) is 0. The van der Waals surface area contributed by atoms with Crippen LogP contribution in [0.25, 0.3) is 0 Å². The van der Waals surface area contributed by atoms with Crippen LogP contribution in [-0.2, 0) is 6.54 Å². The monoisotopic (exact) mass is 404 g/mol. The number of rotatable bonds is 6. The molecule has 2 heterocycles. The van der Waals surface area contributed by atoms with Crippen LogP contribution in [0.2, 0.25) is 0 Å². The van der Waals surface area contributed by atoms with Gasteiger partial charge < -0.3 is 26.3 Å². The van der Waals surface area contributed by atoms with E-state index in [0.29, 0.717) is 13.2 Å². The molecular weight excluding hydrogens is 380 g/mol. The van der Waals surface area contributed by atoms with E-state index < -0.39 is 0 Å². The number of Topliss-reactive ketones (excluding diaryl/α,β-unsaturated/α-hetero) is 1. The summed E-state index contributed by atoms with van der Waals surface area (Å²) in [5, 5.41) is 0. The number of aromatic nitrogens is 1. The summed E-state index contributed by atoms with van der Waals surface area (Å²) in [6.07, 6.45) is 0.931. The van der Waals surface area contributed by atoms with Crippen molar-refractivity contribution in [1.82, 2.24) is 4.57 Å². The normalized spacial score (nSPS) is 13.2. The molecule has 0 saturated carbocycles. The smallest absolute Gasteiger partial charge is 0.227 e. The topological polar surface area (TPSA) is 34.2 Å². The lowest BCUT2D eigenvalue weighted by Gasteiger charge is -2.18. The molecule has 0 spiro atoms. The molecule has 0 saturated heterocycles. The molecule has 5 heteroatoms. The quantitative estimate of drug-likeness (QED) is 0.512. The summed E-state index contributed by atoms with van der Waals surface area (Å²) in [5.74, 6) is 0.960. The van der Waals surface area contributed by atoms with Crippen molar-refractivity contribution in [1.29, 1.82) is 0 Å². The maximum Gasteiger partial charge on any atom is 0.227 e. The zero-order chi connectivity index (χ0) is 17.1. The van der Waals surface area contributed by atoms with Crippen LogP contribution < -0.4 is 21.7 Å². The zero-order valence-electron chi connectivity index (χ0n) is 15.1. The number of nitrogens with zero attached hydrogens (tertiary/aromatic N) is 2. The van der Waals surface area contributed by atoms with Gasteiger partial charge in [-0.05, 0) is 50.2 Å². The molecule has 1 aromatic heterocycles. The van der Waals surface area contributed by atoms with Crippen molar-refractivity contribution in [3.8, 4) is 5.75 Å². The number of halogens is 1. The van der Waals surface area contributed by atoms with Gasteiger partial charge in [-0.1, -0.05) is 6.92 Å². The van der Waals surface area contributed by atoms with Gasteiger partial charge in [-0.25, -0.2) is 4.58 Å². The summed E-state index contributed by atoms with van der Waals surface area (Å²) in [4.78, 5) is 12.7. The van der Waals surface area contributed by atoms with Crippen LogP contribution in [0.1, 0.15) is 42.0 Å². The average Bonchev–Trinajstić information content (AvgIpc) is 2.97. The highest BCUT2D eigenvalue weighted by atomic mass is 79.9. The first-order valence-electron chi connectivity index (χ1n) is 8.67. The fourth-order valence-corrected chi connectivity index (χ4v) is 3.38. The molecule has 0 fully saturated rings. The molecule has 4 nitrogen and oxygen atoms in total. The van der Waals surface area contributed by atoms with Crippen LogP contribution in [0.4, 0.5) is 0 Å². The zero-order valence-corrected chi connectivity index (χ0v) is 16.7. The van der Waals surface area contributed by atoms with Crippen LogP contribution in [0.3, 0.4) is 0 Å². The highest BCUT2D eigenvalue weighted by Crippen LogP contribution is 2.17. The van der Waals surface area contributed by atoms with E-state index in [0.717, 1.165) is 30.8 Å². The van der Waals surface area contributed by atoms with Gasteiger partial charge in [0.15, 0.2) is 12.3 Å². The standard InChI is InChI=1S/C20H25N2O2.BrH/c1-4-18-19-11-6-15(3)22(19)13-12-21(18)14-20(23)16-7-9-17(10-8-16)24-5-2;/h6-11H,4-5,12-14H2,1-3H3;1H/q+1;/p-1. The molecule has 25 heavy (non-hydrogen) atoms. The average molecular weight is 405 g/mol. The van der Waals surface area contributed by atoms with Gasteiger partial charge >= 0.3 is 0 Å². The second-order valence-corrected chi connectivity index (χ2v) is 6.11. The van der Waals surface area contributed by atoms with E-state index in [1.54, 1.807) is 0 Å². The van der Waals surface area contributed by atoms with E-state index in [1.165, 1.54) is 17.1 Å². The molecule has 0 atom stereocenters. The predicted molar refractivity (Wildman–Crippen MR) is 95.5 cm³/mol. The van der Waals surface area contributed by atoms with Crippen molar-refractivity contribution in [2.45, 2.75) is 33.7 Å². The molecule has 1 aromatic carbocycles. The minimum Gasteiger partial charge on any atom is -1.00 e. The Morgan fingerprint density at radius 3 is 2.52 bits per heavy atom. The lowest BCUT2D eigenvalue weighted by atomic mass is 10.1. The van der Waals surface area contributed by atoms with Crippen molar-refractivity contribution >= 4 is 11.5 Å². The van der Waals surface area contributed by atoms with Gasteiger partial charge in [-0.2, -0.15) is 0 Å². The fraction of sp³-hybridized carbons (Fsp3) is 0.400. The third-order valence-electron chi connectivity index (χ3n) is 4.63. The van der Waals surface area contributed by atoms with Gasteiger partial charge in [0.1, 0.15) is 11.4 Å². The fourth-order valence-electron chi connectivity index (χ4n) is 3.38. The minimum atomic E-state index is 0. The van der Waals surface area contributed by atoms with Gasteiger partial charge in [0.05, 0.1) is 13.2 Å². The van der Waals surface area contributed by atoms with Gasteiger partial charge in [0, 0.05) is 17.7 Å². The first-order valence-corrected chi connectivity index (χ1v) is 8.67. The van der Waals surface area contributed by atoms with Gasteiger partial charge in [0.2, 0.25) is 12.3 Å². The highest BCUT2D eigenvalue weighted by Gasteiger charge is 2.27. The number of carbonyl (C=O) groups excluding carboxylic acids is 1. The van der Waals surface area contributed by atoms with Gasteiger partial charge in [-0.15, -0.1) is 0 Å². The van der Waals surface area contributed by atoms with E-state index in [9.17, 15) is 4.79 Å². The molecule has 0 radical (unpaired) electrons.